The summed E-state index contributed by atoms with van der Waals surface area (Å²) in [7, 11) is 2.01. The number of hydrogen-bond donors (Lipinski definition) is 1. The molecule has 0 saturated carbocycles. The van der Waals surface area contributed by atoms with Gasteiger partial charge in [0.1, 0.15) is 0 Å². The van der Waals surface area contributed by atoms with E-state index in [1.54, 1.807) is 11.3 Å². The minimum atomic E-state index is 0.248. The molecule has 18 heavy (non-hydrogen) atoms. The number of rotatable bonds is 3. The van der Waals surface area contributed by atoms with E-state index in [2.05, 4.69) is 75.3 Å². The predicted molar refractivity (Wildman–Crippen MR) is 86.5 cm³/mol. The Labute approximate surface area is 129 Å². The van der Waals surface area contributed by atoms with Crippen molar-refractivity contribution in [2.45, 2.75) is 19.9 Å². The Balaban J connectivity index is 2.48. The Morgan fingerprint density at radius 2 is 1.89 bits per heavy atom. The average Bonchev–Trinajstić information content (AvgIpc) is 2.65. The monoisotopic (exact) mass is 387 g/mol. The van der Waals surface area contributed by atoms with Gasteiger partial charge in [0.15, 0.2) is 0 Å². The van der Waals surface area contributed by atoms with E-state index >= 15 is 0 Å². The first-order valence-corrected chi connectivity index (χ1v) is 8.12. The first-order valence-electron chi connectivity index (χ1n) is 5.72. The molecule has 2 rings (SSSR count). The van der Waals surface area contributed by atoms with Crippen LogP contribution in [0.25, 0.3) is 0 Å². The van der Waals surface area contributed by atoms with Crippen LogP contribution in [0.4, 0.5) is 0 Å². The van der Waals surface area contributed by atoms with Crippen LogP contribution >= 0.6 is 43.2 Å². The van der Waals surface area contributed by atoms with Crippen LogP contribution in [0.3, 0.4) is 0 Å². The fourth-order valence-electron chi connectivity index (χ4n) is 2.03. The molecule has 1 aromatic heterocycles. The van der Waals surface area contributed by atoms with Gasteiger partial charge in [0.05, 0.1) is 9.83 Å². The van der Waals surface area contributed by atoms with Crippen LogP contribution in [0.5, 0.6) is 0 Å². The molecule has 96 valence electrons. The average molecular weight is 389 g/mol. The third-order valence-corrected chi connectivity index (χ3v) is 6.30. The van der Waals surface area contributed by atoms with Gasteiger partial charge in [0.2, 0.25) is 0 Å². The fraction of sp³-hybridized carbons (Fsp3) is 0.286. The molecule has 0 spiro atoms. The van der Waals surface area contributed by atoms with Crippen molar-refractivity contribution in [2.24, 2.45) is 0 Å². The second kappa shape index (κ2) is 5.87. The zero-order valence-corrected chi connectivity index (χ0v) is 14.5. The summed E-state index contributed by atoms with van der Waals surface area (Å²) in [5.74, 6) is 0. The zero-order valence-electron chi connectivity index (χ0n) is 10.6. The SMILES string of the molecule is CNC(c1cc(Br)c(Br)s1)c1cc(C)ccc1C. The quantitative estimate of drug-likeness (QED) is 0.761. The Hall–Kier alpha value is -0.160. The van der Waals surface area contributed by atoms with E-state index in [-0.39, 0.29) is 6.04 Å². The van der Waals surface area contributed by atoms with Gasteiger partial charge in [-0.25, -0.2) is 0 Å². The van der Waals surface area contributed by atoms with Crippen molar-refractivity contribution in [1.82, 2.24) is 5.32 Å². The van der Waals surface area contributed by atoms with Crippen LogP contribution in [0.2, 0.25) is 0 Å². The molecule has 0 bridgehead atoms. The normalized spacial score (nSPS) is 12.7. The molecule has 1 heterocycles. The maximum atomic E-state index is 3.56. The van der Waals surface area contributed by atoms with Gasteiger partial charge in [-0.3, -0.25) is 0 Å². The minimum absolute atomic E-state index is 0.248. The fourth-order valence-corrected chi connectivity index (χ4v) is 4.25. The Morgan fingerprint density at radius 3 is 2.44 bits per heavy atom. The second-order valence-electron chi connectivity index (χ2n) is 4.35. The van der Waals surface area contributed by atoms with Crippen molar-refractivity contribution >= 4 is 43.2 Å². The first kappa shape index (κ1) is 14.3. The van der Waals surface area contributed by atoms with E-state index in [9.17, 15) is 0 Å². The largest absolute Gasteiger partial charge is 0.309 e. The Morgan fingerprint density at radius 1 is 1.17 bits per heavy atom. The maximum Gasteiger partial charge on any atom is 0.0843 e. The van der Waals surface area contributed by atoms with Gasteiger partial charge >= 0.3 is 0 Å². The van der Waals surface area contributed by atoms with Crippen molar-refractivity contribution in [3.63, 3.8) is 0 Å². The molecular formula is C14H15Br2NS. The van der Waals surface area contributed by atoms with Gasteiger partial charge in [-0.1, -0.05) is 23.8 Å². The van der Waals surface area contributed by atoms with E-state index in [0.29, 0.717) is 0 Å². The summed E-state index contributed by atoms with van der Waals surface area (Å²) in [4.78, 5) is 1.31. The summed E-state index contributed by atoms with van der Waals surface area (Å²) in [6.45, 7) is 4.30. The summed E-state index contributed by atoms with van der Waals surface area (Å²) < 4.78 is 2.26. The summed E-state index contributed by atoms with van der Waals surface area (Å²) in [5.41, 5.74) is 3.96. The number of thiophene rings is 1. The number of hydrogen-bond acceptors (Lipinski definition) is 2. The standard InChI is InChI=1S/C14H15Br2NS/c1-8-4-5-9(2)10(6-8)13(17-3)12-7-11(15)14(16)18-12/h4-7,13,17H,1-3H3. The molecule has 2 aromatic rings. The molecule has 0 aliphatic heterocycles. The summed E-state index contributed by atoms with van der Waals surface area (Å²) in [6.07, 6.45) is 0. The lowest BCUT2D eigenvalue weighted by Gasteiger charge is -2.18. The smallest absolute Gasteiger partial charge is 0.0843 e. The van der Waals surface area contributed by atoms with Crippen LogP contribution in [0, 0.1) is 13.8 Å². The molecule has 0 radical (unpaired) electrons. The first-order chi connectivity index (χ1) is 8.52. The van der Waals surface area contributed by atoms with Gasteiger partial charge in [-0.05, 0) is 69.9 Å². The highest BCUT2D eigenvalue weighted by molar-refractivity contribution is 9.13. The number of halogens is 2. The summed E-state index contributed by atoms with van der Waals surface area (Å²) in [5, 5.41) is 3.41. The third kappa shape index (κ3) is 2.87. The molecule has 1 N–H and O–H groups in total. The van der Waals surface area contributed by atoms with Crippen LogP contribution in [-0.2, 0) is 0 Å². The van der Waals surface area contributed by atoms with Crippen LogP contribution in [-0.4, -0.2) is 7.05 Å². The maximum absolute atomic E-state index is 3.56. The van der Waals surface area contributed by atoms with E-state index in [1.807, 2.05) is 7.05 Å². The van der Waals surface area contributed by atoms with Crippen LogP contribution in [0.15, 0.2) is 32.5 Å². The molecule has 4 heteroatoms. The zero-order chi connectivity index (χ0) is 13.3. The van der Waals surface area contributed by atoms with Crippen molar-refractivity contribution < 1.29 is 0 Å². The topological polar surface area (TPSA) is 12.0 Å². The molecule has 0 saturated heterocycles. The second-order valence-corrected chi connectivity index (χ2v) is 7.61. The Bertz CT molecular complexity index is 543. The van der Waals surface area contributed by atoms with Gasteiger partial charge in [-0.2, -0.15) is 0 Å². The van der Waals surface area contributed by atoms with Crippen molar-refractivity contribution in [3.05, 3.63) is 54.1 Å². The highest BCUT2D eigenvalue weighted by atomic mass is 79.9. The molecule has 0 amide bonds. The van der Waals surface area contributed by atoms with Gasteiger partial charge < -0.3 is 5.32 Å². The van der Waals surface area contributed by atoms with E-state index in [1.165, 1.54) is 21.6 Å². The summed E-state index contributed by atoms with van der Waals surface area (Å²) >= 11 is 8.88. The van der Waals surface area contributed by atoms with Crippen molar-refractivity contribution in [3.8, 4) is 0 Å². The summed E-state index contributed by atoms with van der Waals surface area (Å²) in [6, 6.07) is 9.03. The van der Waals surface area contributed by atoms with Crippen molar-refractivity contribution in [2.75, 3.05) is 7.05 Å². The lowest BCUT2D eigenvalue weighted by molar-refractivity contribution is 0.698. The minimum Gasteiger partial charge on any atom is -0.309 e. The predicted octanol–water partition coefficient (Wildman–Crippen LogP) is 5.20. The Kier molecular flexibility index (Phi) is 4.64. The molecule has 0 fully saturated rings. The lowest BCUT2D eigenvalue weighted by atomic mass is 9.98. The van der Waals surface area contributed by atoms with Crippen molar-refractivity contribution in [1.29, 1.82) is 0 Å². The van der Waals surface area contributed by atoms with Gasteiger partial charge in [0, 0.05) is 9.35 Å². The molecule has 1 atom stereocenters. The van der Waals surface area contributed by atoms with Crippen LogP contribution < -0.4 is 5.32 Å². The highest BCUT2D eigenvalue weighted by Crippen LogP contribution is 2.38. The van der Waals surface area contributed by atoms with E-state index in [0.717, 1.165) is 8.26 Å². The highest BCUT2D eigenvalue weighted by Gasteiger charge is 2.18. The molecule has 1 aromatic carbocycles. The number of nitrogens with one attached hydrogen (secondary N) is 1. The van der Waals surface area contributed by atoms with Crippen LogP contribution in [0.1, 0.15) is 27.6 Å². The third-order valence-electron chi connectivity index (χ3n) is 2.98. The number of aryl methyl sites for hydroxylation is 2. The number of benzene rings is 1. The molecule has 0 aliphatic carbocycles. The van der Waals surface area contributed by atoms with Gasteiger partial charge in [-0.15, -0.1) is 11.3 Å². The molecule has 1 unspecified atom stereocenters. The lowest BCUT2D eigenvalue weighted by Crippen LogP contribution is -2.17. The molecular weight excluding hydrogens is 374 g/mol. The molecule has 1 nitrogen and oxygen atoms in total. The van der Waals surface area contributed by atoms with E-state index in [4.69, 9.17) is 0 Å². The van der Waals surface area contributed by atoms with E-state index < -0.39 is 0 Å². The molecule has 0 aliphatic rings. The van der Waals surface area contributed by atoms with Gasteiger partial charge in [0.25, 0.3) is 0 Å².